The van der Waals surface area contributed by atoms with Crippen molar-refractivity contribution >= 4 is 15.9 Å². The molecule has 0 bridgehead atoms. The molecule has 3 rings (SSSR count). The first-order valence-corrected chi connectivity index (χ1v) is 7.38. The third kappa shape index (κ3) is 2.32. The SMILES string of the molecule is CC(C)n1nc(-c2cncc(Br)c2)c2c1CCNC2. The quantitative estimate of drug-likeness (QED) is 0.925. The summed E-state index contributed by atoms with van der Waals surface area (Å²) in [6.45, 7) is 6.28. The number of pyridine rings is 1. The fraction of sp³-hybridized carbons (Fsp3) is 0.429. The molecule has 5 heteroatoms. The summed E-state index contributed by atoms with van der Waals surface area (Å²) in [5, 5.41) is 8.25. The largest absolute Gasteiger partial charge is 0.312 e. The third-order valence-electron chi connectivity index (χ3n) is 3.43. The molecule has 0 aliphatic carbocycles. The highest BCUT2D eigenvalue weighted by Gasteiger charge is 2.22. The zero-order valence-corrected chi connectivity index (χ0v) is 12.7. The van der Waals surface area contributed by atoms with Crippen molar-refractivity contribution in [3.8, 4) is 11.3 Å². The van der Waals surface area contributed by atoms with Gasteiger partial charge in [0, 0.05) is 59.2 Å². The Hall–Kier alpha value is -1.20. The molecule has 1 aliphatic heterocycles. The van der Waals surface area contributed by atoms with Crippen molar-refractivity contribution in [1.29, 1.82) is 0 Å². The molecule has 0 spiro atoms. The molecule has 100 valence electrons. The zero-order valence-electron chi connectivity index (χ0n) is 11.2. The molecule has 1 N–H and O–H groups in total. The van der Waals surface area contributed by atoms with E-state index in [-0.39, 0.29) is 0 Å². The van der Waals surface area contributed by atoms with Gasteiger partial charge in [-0.25, -0.2) is 0 Å². The van der Waals surface area contributed by atoms with Gasteiger partial charge >= 0.3 is 0 Å². The molecule has 3 heterocycles. The van der Waals surface area contributed by atoms with Gasteiger partial charge < -0.3 is 5.32 Å². The van der Waals surface area contributed by atoms with E-state index in [0.717, 1.165) is 35.2 Å². The van der Waals surface area contributed by atoms with Gasteiger partial charge in [-0.15, -0.1) is 0 Å². The van der Waals surface area contributed by atoms with E-state index in [4.69, 9.17) is 5.10 Å². The minimum absolute atomic E-state index is 0.390. The zero-order chi connectivity index (χ0) is 13.4. The molecule has 0 atom stereocenters. The molecular weight excluding hydrogens is 304 g/mol. The second kappa shape index (κ2) is 5.06. The van der Waals surface area contributed by atoms with Crippen LogP contribution in [0.2, 0.25) is 0 Å². The summed E-state index contributed by atoms with van der Waals surface area (Å²) >= 11 is 3.48. The van der Waals surface area contributed by atoms with Crippen molar-refractivity contribution in [3.05, 3.63) is 34.2 Å². The van der Waals surface area contributed by atoms with Crippen LogP contribution in [0.4, 0.5) is 0 Å². The molecule has 4 nitrogen and oxygen atoms in total. The smallest absolute Gasteiger partial charge is 0.0987 e. The van der Waals surface area contributed by atoms with Crippen LogP contribution in [0.1, 0.15) is 31.1 Å². The van der Waals surface area contributed by atoms with Gasteiger partial charge in [-0.2, -0.15) is 5.10 Å². The minimum atomic E-state index is 0.390. The lowest BCUT2D eigenvalue weighted by molar-refractivity contribution is 0.494. The average molecular weight is 321 g/mol. The summed E-state index contributed by atoms with van der Waals surface area (Å²) < 4.78 is 3.15. The van der Waals surface area contributed by atoms with E-state index in [0.29, 0.717) is 6.04 Å². The Bertz CT molecular complexity index is 603. The van der Waals surface area contributed by atoms with Crippen molar-refractivity contribution in [3.63, 3.8) is 0 Å². The van der Waals surface area contributed by atoms with E-state index in [2.05, 4.69) is 50.8 Å². The van der Waals surface area contributed by atoms with Gasteiger partial charge in [-0.1, -0.05) is 0 Å². The molecule has 0 radical (unpaired) electrons. The Kier molecular flexibility index (Phi) is 3.41. The molecule has 0 saturated heterocycles. The number of hydrogen-bond acceptors (Lipinski definition) is 3. The van der Waals surface area contributed by atoms with Gasteiger partial charge in [0.25, 0.3) is 0 Å². The molecule has 0 aromatic carbocycles. The first kappa shape index (κ1) is 12.8. The van der Waals surface area contributed by atoms with Crippen molar-refractivity contribution in [2.75, 3.05) is 6.54 Å². The maximum absolute atomic E-state index is 4.82. The lowest BCUT2D eigenvalue weighted by Gasteiger charge is -2.17. The molecular formula is C14H17BrN4. The Morgan fingerprint density at radius 2 is 2.21 bits per heavy atom. The van der Waals surface area contributed by atoms with Crippen LogP contribution in [0.15, 0.2) is 22.9 Å². The van der Waals surface area contributed by atoms with Gasteiger partial charge in [0.05, 0.1) is 5.69 Å². The highest BCUT2D eigenvalue weighted by molar-refractivity contribution is 9.10. The van der Waals surface area contributed by atoms with Crippen LogP contribution >= 0.6 is 15.9 Å². The monoisotopic (exact) mass is 320 g/mol. The van der Waals surface area contributed by atoms with Crippen LogP contribution in [0.25, 0.3) is 11.3 Å². The first-order chi connectivity index (χ1) is 9.16. The van der Waals surface area contributed by atoms with E-state index >= 15 is 0 Å². The van der Waals surface area contributed by atoms with Crippen molar-refractivity contribution in [2.45, 2.75) is 32.9 Å². The predicted octanol–water partition coefficient (Wildman–Crippen LogP) is 2.93. The fourth-order valence-electron chi connectivity index (χ4n) is 2.58. The molecule has 19 heavy (non-hydrogen) atoms. The summed E-state index contributed by atoms with van der Waals surface area (Å²) in [5.41, 5.74) is 4.82. The van der Waals surface area contributed by atoms with Gasteiger partial charge in [-0.3, -0.25) is 9.67 Å². The fourth-order valence-corrected chi connectivity index (χ4v) is 2.94. The third-order valence-corrected chi connectivity index (χ3v) is 3.86. The van der Waals surface area contributed by atoms with Crippen LogP contribution in [0, 0.1) is 0 Å². The maximum Gasteiger partial charge on any atom is 0.0987 e. The molecule has 0 fully saturated rings. The van der Waals surface area contributed by atoms with Crippen molar-refractivity contribution in [1.82, 2.24) is 20.1 Å². The average Bonchev–Trinajstić information content (AvgIpc) is 2.78. The molecule has 0 saturated carbocycles. The molecule has 2 aromatic rings. The van der Waals surface area contributed by atoms with E-state index < -0.39 is 0 Å². The Labute approximate surface area is 121 Å². The second-order valence-corrected chi connectivity index (χ2v) is 6.05. The summed E-state index contributed by atoms with van der Waals surface area (Å²) in [6.07, 6.45) is 4.72. The second-order valence-electron chi connectivity index (χ2n) is 5.13. The highest BCUT2D eigenvalue weighted by atomic mass is 79.9. The number of hydrogen-bond donors (Lipinski definition) is 1. The van der Waals surface area contributed by atoms with Crippen molar-refractivity contribution < 1.29 is 0 Å². The summed E-state index contributed by atoms with van der Waals surface area (Å²) in [5.74, 6) is 0. The molecule has 1 aliphatic rings. The Morgan fingerprint density at radius 1 is 1.37 bits per heavy atom. The first-order valence-electron chi connectivity index (χ1n) is 6.58. The summed E-state index contributed by atoms with van der Waals surface area (Å²) in [4.78, 5) is 4.25. The summed E-state index contributed by atoms with van der Waals surface area (Å²) in [7, 11) is 0. The number of nitrogens with one attached hydrogen (secondary N) is 1. The number of aromatic nitrogens is 3. The van der Waals surface area contributed by atoms with Crippen molar-refractivity contribution in [2.24, 2.45) is 0 Å². The Morgan fingerprint density at radius 3 is 2.95 bits per heavy atom. The molecule has 0 amide bonds. The lowest BCUT2D eigenvalue weighted by Crippen LogP contribution is -2.25. The number of rotatable bonds is 2. The summed E-state index contributed by atoms with van der Waals surface area (Å²) in [6, 6.07) is 2.47. The standard InChI is InChI=1S/C14H17BrN4/c1-9(2)19-13-3-4-16-8-12(13)14(18-19)10-5-11(15)7-17-6-10/h5-7,9,16H,3-4,8H2,1-2H3. The van der Waals surface area contributed by atoms with E-state index in [1.807, 2.05) is 6.20 Å². The van der Waals surface area contributed by atoms with Crippen LogP contribution in [0.5, 0.6) is 0 Å². The van der Waals surface area contributed by atoms with Gasteiger partial charge in [0.1, 0.15) is 0 Å². The van der Waals surface area contributed by atoms with Gasteiger partial charge in [-0.05, 0) is 35.8 Å². The predicted molar refractivity (Wildman–Crippen MR) is 79.0 cm³/mol. The van der Waals surface area contributed by atoms with E-state index in [1.54, 1.807) is 6.20 Å². The number of halogens is 1. The van der Waals surface area contributed by atoms with Crippen LogP contribution in [-0.2, 0) is 13.0 Å². The molecule has 2 aromatic heterocycles. The minimum Gasteiger partial charge on any atom is -0.312 e. The van der Waals surface area contributed by atoms with Crippen LogP contribution in [-0.4, -0.2) is 21.3 Å². The Balaban J connectivity index is 2.16. The molecule has 0 unspecified atom stereocenters. The van der Waals surface area contributed by atoms with Crippen LogP contribution in [0.3, 0.4) is 0 Å². The van der Waals surface area contributed by atoms with E-state index in [1.165, 1.54) is 11.3 Å². The van der Waals surface area contributed by atoms with E-state index in [9.17, 15) is 0 Å². The highest BCUT2D eigenvalue weighted by Crippen LogP contribution is 2.30. The van der Waals surface area contributed by atoms with Gasteiger partial charge in [0.2, 0.25) is 0 Å². The number of fused-ring (bicyclic) bond motifs is 1. The lowest BCUT2D eigenvalue weighted by atomic mass is 10.0. The van der Waals surface area contributed by atoms with Gasteiger partial charge in [0.15, 0.2) is 0 Å². The number of nitrogens with zero attached hydrogens (tertiary/aromatic N) is 3. The van der Waals surface area contributed by atoms with Crippen LogP contribution < -0.4 is 5.32 Å². The maximum atomic E-state index is 4.82. The topological polar surface area (TPSA) is 42.7 Å². The normalized spacial score (nSPS) is 14.7.